The van der Waals surface area contributed by atoms with Gasteiger partial charge in [0, 0.05) is 36.5 Å². The third-order valence-electron chi connectivity index (χ3n) is 5.00. The van der Waals surface area contributed by atoms with Crippen LogP contribution in [-0.2, 0) is 10.0 Å². The highest BCUT2D eigenvalue weighted by atomic mass is 32.2. The number of benzene rings is 1. The summed E-state index contributed by atoms with van der Waals surface area (Å²) in [5.41, 5.74) is 2.20. The van der Waals surface area contributed by atoms with Gasteiger partial charge in [-0.1, -0.05) is 0 Å². The highest BCUT2D eigenvalue weighted by Crippen LogP contribution is 2.24. The van der Waals surface area contributed by atoms with Crippen LogP contribution in [0, 0.1) is 0 Å². The summed E-state index contributed by atoms with van der Waals surface area (Å²) in [4.78, 5) is 23.2. The molecule has 1 saturated heterocycles. The number of sulfonamides is 1. The van der Waals surface area contributed by atoms with Gasteiger partial charge in [-0.3, -0.25) is 4.79 Å². The maximum Gasteiger partial charge on any atom is 0.272 e. The summed E-state index contributed by atoms with van der Waals surface area (Å²) in [7, 11) is -3.61. The molecule has 0 atom stereocenters. The van der Waals surface area contributed by atoms with Crippen molar-refractivity contribution in [2.24, 2.45) is 0 Å². The van der Waals surface area contributed by atoms with Crippen molar-refractivity contribution in [3.05, 3.63) is 54.6 Å². The van der Waals surface area contributed by atoms with E-state index in [2.05, 4.69) is 20.3 Å². The summed E-state index contributed by atoms with van der Waals surface area (Å²) in [5, 5.41) is 2.79. The van der Waals surface area contributed by atoms with Crippen LogP contribution < -0.4 is 5.32 Å². The van der Waals surface area contributed by atoms with E-state index >= 15 is 0 Å². The highest BCUT2D eigenvalue weighted by Gasteiger charge is 2.27. The number of aromatic amines is 2. The van der Waals surface area contributed by atoms with E-state index in [1.54, 1.807) is 48.4 Å². The molecule has 1 aliphatic heterocycles. The van der Waals surface area contributed by atoms with Gasteiger partial charge in [0.1, 0.15) is 10.6 Å². The second-order valence-electron chi connectivity index (χ2n) is 7.01. The Kier molecular flexibility index (Phi) is 5.08. The lowest BCUT2D eigenvalue weighted by atomic mass is 10.2. The summed E-state index contributed by atoms with van der Waals surface area (Å²) in [6.07, 6.45) is 2.93. The number of rotatable bonds is 5. The Morgan fingerprint density at radius 1 is 1.19 bits per heavy atom. The largest absolute Gasteiger partial charge is 0.461 e. The molecule has 0 spiro atoms. The average Bonchev–Trinajstić information content (AvgIpc) is 3.54. The van der Waals surface area contributed by atoms with Crippen LogP contribution in [0.25, 0.3) is 22.6 Å². The second-order valence-corrected chi connectivity index (χ2v) is 10.2. The first kappa shape index (κ1) is 19.9. The number of aromatic nitrogens is 3. The Labute approximate surface area is 182 Å². The molecule has 0 unspecified atom stereocenters. The van der Waals surface area contributed by atoms with Gasteiger partial charge in [-0.25, -0.2) is 13.4 Å². The normalized spacial score (nSPS) is 15.4. The monoisotopic (exact) mass is 457 g/mol. The minimum Gasteiger partial charge on any atom is -0.461 e. The first-order chi connectivity index (χ1) is 15.0. The Bertz CT molecular complexity index is 1340. The van der Waals surface area contributed by atoms with Crippen LogP contribution in [-0.4, -0.2) is 58.2 Å². The zero-order valence-corrected chi connectivity index (χ0v) is 17.9. The Balaban J connectivity index is 1.34. The lowest BCUT2D eigenvalue weighted by Gasteiger charge is -2.24. The number of H-pyrrole nitrogens is 2. The number of fused-ring (bicyclic) bond motifs is 1. The first-order valence-electron chi connectivity index (χ1n) is 9.62. The molecule has 0 saturated carbocycles. The molecule has 3 aromatic heterocycles. The topological polar surface area (TPSA) is 124 Å². The Hall–Kier alpha value is -3.02. The number of imidazole rings is 1. The fourth-order valence-electron chi connectivity index (χ4n) is 3.41. The van der Waals surface area contributed by atoms with E-state index in [1.165, 1.54) is 16.6 Å². The number of nitrogens with zero attached hydrogens (tertiary/aromatic N) is 2. The van der Waals surface area contributed by atoms with Gasteiger partial charge < -0.3 is 19.7 Å². The smallest absolute Gasteiger partial charge is 0.272 e. The van der Waals surface area contributed by atoms with E-state index in [9.17, 15) is 13.2 Å². The lowest BCUT2D eigenvalue weighted by molar-refractivity contribution is 0.102. The number of hydrogen-bond donors (Lipinski definition) is 3. The lowest BCUT2D eigenvalue weighted by Crippen LogP contribution is -2.37. The van der Waals surface area contributed by atoms with Gasteiger partial charge in [0.25, 0.3) is 5.91 Å². The Morgan fingerprint density at radius 3 is 2.81 bits per heavy atom. The van der Waals surface area contributed by atoms with Crippen molar-refractivity contribution in [1.82, 2.24) is 19.3 Å². The number of carbonyl (C=O) groups excluding carboxylic acids is 1. The molecule has 5 rings (SSSR count). The molecule has 31 heavy (non-hydrogen) atoms. The third kappa shape index (κ3) is 3.87. The summed E-state index contributed by atoms with van der Waals surface area (Å²) in [5.74, 6) is 2.33. The van der Waals surface area contributed by atoms with Crippen molar-refractivity contribution >= 4 is 44.4 Å². The molecule has 9 nitrogen and oxygen atoms in total. The van der Waals surface area contributed by atoms with E-state index in [4.69, 9.17) is 4.42 Å². The van der Waals surface area contributed by atoms with Gasteiger partial charge in [-0.2, -0.15) is 16.1 Å². The fourth-order valence-corrected chi connectivity index (χ4v) is 5.98. The summed E-state index contributed by atoms with van der Waals surface area (Å²) >= 11 is 1.73. The van der Waals surface area contributed by atoms with Crippen molar-refractivity contribution in [2.45, 2.75) is 4.90 Å². The van der Waals surface area contributed by atoms with E-state index in [1.807, 2.05) is 0 Å². The van der Waals surface area contributed by atoms with E-state index in [0.717, 1.165) is 22.5 Å². The summed E-state index contributed by atoms with van der Waals surface area (Å²) < 4.78 is 32.4. The van der Waals surface area contributed by atoms with Gasteiger partial charge >= 0.3 is 0 Å². The summed E-state index contributed by atoms with van der Waals surface area (Å²) in [6, 6.07) is 10.2. The van der Waals surface area contributed by atoms with Crippen molar-refractivity contribution < 1.29 is 17.6 Å². The predicted molar refractivity (Wildman–Crippen MR) is 119 cm³/mol. The molecule has 4 aromatic rings. The van der Waals surface area contributed by atoms with Gasteiger partial charge in [0.05, 0.1) is 17.3 Å². The molecule has 1 aromatic carbocycles. The standard InChI is InChI=1S/C20H19N5O4S2/c26-20(17-11-14(12-21-17)31(27,28)25-5-8-30-9-6-25)22-13-3-4-15-16(10-13)24-19(23-15)18-2-1-7-29-18/h1-4,7,10-12,21H,5-6,8-9H2,(H,22,26)(H,23,24). The van der Waals surface area contributed by atoms with Crippen LogP contribution in [0.15, 0.2) is 58.2 Å². The average molecular weight is 458 g/mol. The maximum absolute atomic E-state index is 12.8. The van der Waals surface area contributed by atoms with Crippen LogP contribution in [0.2, 0.25) is 0 Å². The van der Waals surface area contributed by atoms with E-state index in [-0.39, 0.29) is 10.6 Å². The quantitative estimate of drug-likeness (QED) is 0.423. The minimum atomic E-state index is -3.61. The number of amides is 1. The van der Waals surface area contributed by atoms with Crippen LogP contribution >= 0.6 is 11.8 Å². The van der Waals surface area contributed by atoms with Crippen molar-refractivity contribution in [1.29, 1.82) is 0 Å². The number of carbonyl (C=O) groups is 1. The number of hydrogen-bond acceptors (Lipinski definition) is 6. The van der Waals surface area contributed by atoms with Gasteiger partial charge in [-0.15, -0.1) is 0 Å². The van der Waals surface area contributed by atoms with Crippen LogP contribution in [0.1, 0.15) is 10.5 Å². The van der Waals surface area contributed by atoms with Crippen LogP contribution in [0.4, 0.5) is 5.69 Å². The minimum absolute atomic E-state index is 0.0941. The molecule has 1 fully saturated rings. The molecular weight excluding hydrogens is 438 g/mol. The molecule has 160 valence electrons. The number of anilines is 1. The number of thioether (sulfide) groups is 1. The van der Waals surface area contributed by atoms with Gasteiger partial charge in [0.2, 0.25) is 10.0 Å². The number of furan rings is 1. The molecule has 3 N–H and O–H groups in total. The number of nitrogens with one attached hydrogen (secondary N) is 3. The first-order valence-corrected chi connectivity index (χ1v) is 12.2. The van der Waals surface area contributed by atoms with Crippen molar-refractivity contribution in [2.75, 3.05) is 29.9 Å². The van der Waals surface area contributed by atoms with Gasteiger partial charge in [0.15, 0.2) is 11.6 Å². The van der Waals surface area contributed by atoms with Crippen molar-refractivity contribution in [3.63, 3.8) is 0 Å². The Morgan fingerprint density at radius 2 is 2.03 bits per heavy atom. The zero-order chi connectivity index (χ0) is 21.4. The van der Waals surface area contributed by atoms with Crippen LogP contribution in [0.3, 0.4) is 0 Å². The van der Waals surface area contributed by atoms with E-state index < -0.39 is 15.9 Å². The van der Waals surface area contributed by atoms with Gasteiger partial charge in [-0.05, 0) is 36.4 Å². The molecule has 0 aliphatic carbocycles. The molecule has 0 bridgehead atoms. The fraction of sp³-hybridized carbons (Fsp3) is 0.200. The molecule has 11 heteroatoms. The second kappa shape index (κ2) is 7.91. The van der Waals surface area contributed by atoms with Crippen molar-refractivity contribution in [3.8, 4) is 11.6 Å². The molecule has 0 radical (unpaired) electrons. The highest BCUT2D eigenvalue weighted by molar-refractivity contribution is 7.99. The molecule has 4 heterocycles. The zero-order valence-electron chi connectivity index (χ0n) is 16.3. The predicted octanol–water partition coefficient (Wildman–Crippen LogP) is 3.14. The van der Waals surface area contributed by atoms with E-state index in [0.29, 0.717) is 30.4 Å². The third-order valence-corrected chi connectivity index (χ3v) is 7.82. The SMILES string of the molecule is O=C(Nc1ccc2nc(-c3ccco3)[nH]c2c1)c1cc(S(=O)(=O)N2CCSCC2)c[nH]1. The van der Waals surface area contributed by atoms with Crippen LogP contribution in [0.5, 0.6) is 0 Å². The maximum atomic E-state index is 12.8. The molecule has 1 aliphatic rings. The summed E-state index contributed by atoms with van der Waals surface area (Å²) in [6.45, 7) is 0.952. The molecular formula is C20H19N5O4S2. The molecule has 1 amide bonds.